The van der Waals surface area contributed by atoms with Crippen molar-refractivity contribution >= 4 is 29.1 Å². The summed E-state index contributed by atoms with van der Waals surface area (Å²) in [5.74, 6) is -0.204. The van der Waals surface area contributed by atoms with Crippen molar-refractivity contribution in [2.75, 3.05) is 13.7 Å². The molecule has 0 spiro atoms. The molecule has 2 heterocycles. The number of esters is 1. The van der Waals surface area contributed by atoms with Crippen LogP contribution in [-0.4, -0.2) is 29.4 Å². The van der Waals surface area contributed by atoms with Crippen molar-refractivity contribution in [2.24, 2.45) is 4.99 Å². The van der Waals surface area contributed by atoms with Crippen LogP contribution in [0.15, 0.2) is 94.2 Å². The zero-order valence-electron chi connectivity index (χ0n) is 20.3. The van der Waals surface area contributed by atoms with Crippen molar-refractivity contribution in [3.05, 3.63) is 121 Å². The third kappa shape index (κ3) is 4.59. The SMILES string of the molecule is CCOC(=O)C1=C(c2ccccc2)N=c2s/c(=C\c3ccc(OC)c(O)c3)c(=O)n2[C@@H]1c1ccccc1. The lowest BCUT2D eigenvalue weighted by atomic mass is 9.93. The Morgan fingerprint density at radius 3 is 2.43 bits per heavy atom. The maximum absolute atomic E-state index is 13.8. The molecule has 0 aliphatic carbocycles. The lowest BCUT2D eigenvalue weighted by Gasteiger charge is -2.25. The maximum atomic E-state index is 13.8. The van der Waals surface area contributed by atoms with Crippen molar-refractivity contribution in [1.82, 2.24) is 4.57 Å². The molecule has 1 aromatic heterocycles. The topological polar surface area (TPSA) is 90.1 Å². The van der Waals surface area contributed by atoms with E-state index in [2.05, 4.69) is 0 Å². The molecule has 3 aromatic carbocycles. The summed E-state index contributed by atoms with van der Waals surface area (Å²) in [4.78, 5) is 32.5. The zero-order valence-corrected chi connectivity index (χ0v) is 21.1. The minimum atomic E-state index is -0.724. The Hall–Kier alpha value is -4.43. The van der Waals surface area contributed by atoms with E-state index in [1.54, 1.807) is 29.7 Å². The molecule has 0 fully saturated rings. The van der Waals surface area contributed by atoms with Gasteiger partial charge in [-0.2, -0.15) is 0 Å². The number of carbonyl (C=O) groups is 1. The number of rotatable bonds is 6. The Kier molecular flexibility index (Phi) is 6.74. The van der Waals surface area contributed by atoms with Crippen molar-refractivity contribution in [1.29, 1.82) is 0 Å². The van der Waals surface area contributed by atoms with Gasteiger partial charge in [-0.05, 0) is 36.3 Å². The molecule has 37 heavy (non-hydrogen) atoms. The van der Waals surface area contributed by atoms with E-state index in [0.29, 0.717) is 31.9 Å². The second kappa shape index (κ2) is 10.3. The smallest absolute Gasteiger partial charge is 0.338 e. The fraction of sp³-hybridized carbons (Fsp3) is 0.138. The van der Waals surface area contributed by atoms with Gasteiger partial charge < -0.3 is 14.6 Å². The summed E-state index contributed by atoms with van der Waals surface area (Å²) in [5, 5.41) is 10.2. The molecule has 0 bridgehead atoms. The van der Waals surface area contributed by atoms with Gasteiger partial charge in [0.2, 0.25) is 0 Å². The number of hydrogen-bond acceptors (Lipinski definition) is 7. The first-order chi connectivity index (χ1) is 18.0. The number of nitrogens with zero attached hydrogens (tertiary/aromatic N) is 2. The fourth-order valence-electron chi connectivity index (χ4n) is 4.34. The lowest BCUT2D eigenvalue weighted by molar-refractivity contribution is -0.138. The first-order valence-corrected chi connectivity index (χ1v) is 12.5. The summed E-state index contributed by atoms with van der Waals surface area (Å²) < 4.78 is 12.5. The second-order valence-electron chi connectivity index (χ2n) is 8.27. The summed E-state index contributed by atoms with van der Waals surface area (Å²) in [7, 11) is 1.47. The number of thiazole rings is 1. The number of carbonyl (C=O) groups excluding carboxylic acids is 1. The van der Waals surface area contributed by atoms with Crippen LogP contribution in [0.1, 0.15) is 29.7 Å². The molecule has 4 aromatic rings. The molecule has 1 atom stereocenters. The van der Waals surface area contributed by atoms with Crippen LogP contribution >= 0.6 is 11.3 Å². The van der Waals surface area contributed by atoms with Gasteiger partial charge in [-0.25, -0.2) is 9.79 Å². The first-order valence-electron chi connectivity index (χ1n) is 11.7. The van der Waals surface area contributed by atoms with Gasteiger partial charge in [0, 0.05) is 5.56 Å². The summed E-state index contributed by atoms with van der Waals surface area (Å²) in [5.41, 5.74) is 2.64. The molecular weight excluding hydrogens is 488 g/mol. The van der Waals surface area contributed by atoms with Gasteiger partial charge in [0.05, 0.1) is 35.6 Å². The van der Waals surface area contributed by atoms with Crippen molar-refractivity contribution in [3.8, 4) is 11.5 Å². The van der Waals surface area contributed by atoms with Gasteiger partial charge in [-0.3, -0.25) is 9.36 Å². The monoisotopic (exact) mass is 512 g/mol. The molecule has 0 saturated carbocycles. The van der Waals surface area contributed by atoms with Gasteiger partial charge in [0.1, 0.15) is 0 Å². The number of ether oxygens (including phenoxy) is 2. The molecule has 0 amide bonds. The van der Waals surface area contributed by atoms with E-state index in [1.807, 2.05) is 60.7 Å². The highest BCUT2D eigenvalue weighted by Crippen LogP contribution is 2.35. The quantitative estimate of drug-likeness (QED) is 0.399. The van der Waals surface area contributed by atoms with E-state index in [1.165, 1.54) is 24.5 Å². The molecule has 0 saturated heterocycles. The molecule has 186 valence electrons. The molecule has 8 heteroatoms. The van der Waals surface area contributed by atoms with Crippen LogP contribution in [-0.2, 0) is 9.53 Å². The molecule has 5 rings (SSSR count). The van der Waals surface area contributed by atoms with Crippen LogP contribution < -0.4 is 19.6 Å². The van der Waals surface area contributed by atoms with Crippen LogP contribution in [0.25, 0.3) is 11.8 Å². The largest absolute Gasteiger partial charge is 0.504 e. The van der Waals surface area contributed by atoms with E-state index in [-0.39, 0.29) is 17.9 Å². The standard InChI is InChI=1S/C29H24N2O5S/c1-3-36-28(34)24-25(19-10-6-4-7-11-19)30-29-31(26(24)20-12-8-5-9-13-20)27(33)23(37-29)17-18-14-15-22(35-2)21(32)16-18/h4-17,26,32H,3H2,1-2H3/b23-17-/t26-/m1/s1. The van der Waals surface area contributed by atoms with Crippen LogP contribution in [0.5, 0.6) is 11.5 Å². The Morgan fingerprint density at radius 2 is 1.78 bits per heavy atom. The molecule has 1 aliphatic rings. The number of hydrogen-bond donors (Lipinski definition) is 1. The van der Waals surface area contributed by atoms with Crippen molar-refractivity contribution < 1.29 is 19.4 Å². The minimum absolute atomic E-state index is 0.0258. The number of phenolic OH excluding ortho intramolecular Hbond substituents is 1. The number of aromatic nitrogens is 1. The van der Waals surface area contributed by atoms with Crippen LogP contribution in [0, 0.1) is 0 Å². The summed E-state index contributed by atoms with van der Waals surface area (Å²) >= 11 is 1.23. The third-order valence-corrected chi connectivity index (χ3v) is 6.97. The zero-order chi connectivity index (χ0) is 25.9. The Bertz CT molecular complexity index is 1670. The maximum Gasteiger partial charge on any atom is 0.338 e. The average molecular weight is 513 g/mol. The molecule has 7 nitrogen and oxygen atoms in total. The predicted molar refractivity (Wildman–Crippen MR) is 142 cm³/mol. The third-order valence-electron chi connectivity index (χ3n) is 5.99. The summed E-state index contributed by atoms with van der Waals surface area (Å²) in [6.45, 7) is 1.94. The van der Waals surface area contributed by atoms with Crippen LogP contribution in [0.2, 0.25) is 0 Å². The normalized spacial score (nSPS) is 15.2. The molecule has 0 radical (unpaired) electrons. The molecular formula is C29H24N2O5S. The van der Waals surface area contributed by atoms with Gasteiger partial charge in [0.25, 0.3) is 5.56 Å². The molecule has 1 N–H and O–H groups in total. The Balaban J connectivity index is 1.80. The van der Waals surface area contributed by atoms with Gasteiger partial charge in [-0.15, -0.1) is 0 Å². The Labute approximate surface area is 216 Å². The summed E-state index contributed by atoms with van der Waals surface area (Å²) in [6.07, 6.45) is 1.70. The van der Waals surface area contributed by atoms with E-state index in [4.69, 9.17) is 14.5 Å². The lowest BCUT2D eigenvalue weighted by Crippen LogP contribution is -2.39. The van der Waals surface area contributed by atoms with Gasteiger partial charge >= 0.3 is 5.97 Å². The average Bonchev–Trinajstić information content (AvgIpc) is 3.23. The number of phenols is 1. The van der Waals surface area contributed by atoms with E-state index in [0.717, 1.165) is 11.1 Å². The van der Waals surface area contributed by atoms with E-state index < -0.39 is 12.0 Å². The number of fused-ring (bicyclic) bond motifs is 1. The highest BCUT2D eigenvalue weighted by molar-refractivity contribution is 7.07. The highest BCUT2D eigenvalue weighted by atomic mass is 32.1. The number of methoxy groups -OCH3 is 1. The van der Waals surface area contributed by atoms with Crippen molar-refractivity contribution in [3.63, 3.8) is 0 Å². The fourth-order valence-corrected chi connectivity index (χ4v) is 5.34. The second-order valence-corrected chi connectivity index (χ2v) is 9.28. The van der Waals surface area contributed by atoms with Gasteiger partial charge in [-0.1, -0.05) is 78.1 Å². The van der Waals surface area contributed by atoms with Crippen LogP contribution in [0.3, 0.4) is 0 Å². The highest BCUT2D eigenvalue weighted by Gasteiger charge is 2.35. The van der Waals surface area contributed by atoms with Gasteiger partial charge in [0.15, 0.2) is 16.3 Å². The Morgan fingerprint density at radius 1 is 1.08 bits per heavy atom. The molecule has 1 aliphatic heterocycles. The first kappa shape index (κ1) is 24.3. The minimum Gasteiger partial charge on any atom is -0.504 e. The van der Waals surface area contributed by atoms with Crippen LogP contribution in [0.4, 0.5) is 0 Å². The number of benzene rings is 3. The van der Waals surface area contributed by atoms with Crippen molar-refractivity contribution in [2.45, 2.75) is 13.0 Å². The van der Waals surface area contributed by atoms with E-state index in [9.17, 15) is 14.7 Å². The van der Waals surface area contributed by atoms with E-state index >= 15 is 0 Å². The predicted octanol–water partition coefficient (Wildman–Crippen LogP) is 3.65. The number of aromatic hydroxyl groups is 1. The summed E-state index contributed by atoms with van der Waals surface area (Å²) in [6, 6.07) is 23.0. The molecule has 0 unspecified atom stereocenters.